The molecule has 0 aromatic heterocycles. The number of hydrogen-bond acceptors (Lipinski definition) is 1. The molecule has 14 heavy (non-hydrogen) atoms. The van der Waals surface area contributed by atoms with Crippen molar-refractivity contribution in [3.05, 3.63) is 12.2 Å². The van der Waals surface area contributed by atoms with Gasteiger partial charge in [-0.3, -0.25) is 0 Å². The van der Waals surface area contributed by atoms with Crippen LogP contribution < -0.4 is 0 Å². The molecule has 0 bridgehead atoms. The Hall–Kier alpha value is -0.300. The molecule has 2 atom stereocenters. The van der Waals surface area contributed by atoms with Crippen LogP contribution in [0.1, 0.15) is 51.4 Å². The van der Waals surface area contributed by atoms with E-state index in [9.17, 15) is 5.11 Å². The lowest BCUT2D eigenvalue weighted by Gasteiger charge is -2.32. The Morgan fingerprint density at radius 3 is 2.36 bits per heavy atom. The Kier molecular flexibility index (Phi) is 3.63. The van der Waals surface area contributed by atoms with E-state index < -0.39 is 0 Å². The van der Waals surface area contributed by atoms with Gasteiger partial charge in [-0.1, -0.05) is 31.4 Å². The Bertz CT molecular complexity index is 191. The fourth-order valence-corrected chi connectivity index (χ4v) is 2.99. The van der Waals surface area contributed by atoms with Crippen LogP contribution in [0.2, 0.25) is 0 Å². The highest BCUT2D eigenvalue weighted by atomic mass is 16.3. The van der Waals surface area contributed by atoms with Crippen molar-refractivity contribution in [2.45, 2.75) is 57.5 Å². The van der Waals surface area contributed by atoms with Crippen LogP contribution in [0.25, 0.3) is 0 Å². The van der Waals surface area contributed by atoms with E-state index in [1.54, 1.807) is 0 Å². The van der Waals surface area contributed by atoms with E-state index in [2.05, 4.69) is 12.2 Å². The van der Waals surface area contributed by atoms with Crippen LogP contribution in [-0.4, -0.2) is 11.2 Å². The molecule has 80 valence electrons. The van der Waals surface area contributed by atoms with Gasteiger partial charge >= 0.3 is 0 Å². The van der Waals surface area contributed by atoms with Gasteiger partial charge in [-0.2, -0.15) is 0 Å². The van der Waals surface area contributed by atoms with Gasteiger partial charge in [0.15, 0.2) is 0 Å². The van der Waals surface area contributed by atoms with Gasteiger partial charge in [0.05, 0.1) is 6.10 Å². The van der Waals surface area contributed by atoms with Crippen LogP contribution in [0.3, 0.4) is 0 Å². The molecule has 2 unspecified atom stereocenters. The molecule has 0 saturated heterocycles. The molecule has 0 aromatic carbocycles. The maximum atomic E-state index is 10.3. The summed E-state index contributed by atoms with van der Waals surface area (Å²) in [5.41, 5.74) is 0. The van der Waals surface area contributed by atoms with Crippen molar-refractivity contribution in [1.29, 1.82) is 0 Å². The summed E-state index contributed by atoms with van der Waals surface area (Å²) in [5.74, 6) is 1.17. The molecule has 0 aliphatic heterocycles. The average molecular weight is 194 g/mol. The van der Waals surface area contributed by atoms with E-state index in [1.165, 1.54) is 44.9 Å². The summed E-state index contributed by atoms with van der Waals surface area (Å²) >= 11 is 0. The van der Waals surface area contributed by atoms with Crippen molar-refractivity contribution in [1.82, 2.24) is 0 Å². The van der Waals surface area contributed by atoms with Crippen molar-refractivity contribution in [3.63, 3.8) is 0 Å². The van der Waals surface area contributed by atoms with Gasteiger partial charge < -0.3 is 5.11 Å². The standard InChI is InChI=1S/C13H22O/c14-13(11-7-3-1-4-8-11)12-9-5-2-6-10-12/h1,3,11-14H,2,4-10H2. The number of aliphatic hydroxyl groups excluding tert-OH is 1. The molecule has 1 saturated carbocycles. The molecule has 2 rings (SSSR count). The Balaban J connectivity index is 1.86. The lowest BCUT2D eigenvalue weighted by Crippen LogP contribution is -2.31. The van der Waals surface area contributed by atoms with Gasteiger partial charge in [-0.25, -0.2) is 0 Å². The molecule has 2 aliphatic rings. The van der Waals surface area contributed by atoms with Gasteiger partial charge in [-0.15, -0.1) is 0 Å². The zero-order valence-corrected chi connectivity index (χ0v) is 8.99. The second kappa shape index (κ2) is 4.97. The van der Waals surface area contributed by atoms with Crippen LogP contribution >= 0.6 is 0 Å². The first-order chi connectivity index (χ1) is 6.88. The van der Waals surface area contributed by atoms with Crippen LogP contribution in [0.15, 0.2) is 12.2 Å². The molecule has 1 heteroatoms. The van der Waals surface area contributed by atoms with Gasteiger partial charge in [0.1, 0.15) is 0 Å². The number of aliphatic hydroxyl groups is 1. The number of allylic oxidation sites excluding steroid dienone is 2. The third-order valence-electron chi connectivity index (χ3n) is 3.93. The van der Waals surface area contributed by atoms with Crippen molar-refractivity contribution in [2.24, 2.45) is 11.8 Å². The molecular weight excluding hydrogens is 172 g/mol. The minimum Gasteiger partial charge on any atom is -0.393 e. The molecule has 0 amide bonds. The van der Waals surface area contributed by atoms with Crippen molar-refractivity contribution >= 4 is 0 Å². The van der Waals surface area contributed by atoms with E-state index in [0.29, 0.717) is 11.8 Å². The van der Waals surface area contributed by atoms with Crippen molar-refractivity contribution in [3.8, 4) is 0 Å². The smallest absolute Gasteiger partial charge is 0.0599 e. The van der Waals surface area contributed by atoms with Crippen molar-refractivity contribution < 1.29 is 5.11 Å². The summed E-state index contributed by atoms with van der Waals surface area (Å²) in [6.07, 6.45) is 14.6. The highest BCUT2D eigenvalue weighted by Crippen LogP contribution is 2.33. The lowest BCUT2D eigenvalue weighted by molar-refractivity contribution is 0.0297. The third kappa shape index (κ3) is 2.38. The Morgan fingerprint density at radius 2 is 1.71 bits per heavy atom. The van der Waals surface area contributed by atoms with E-state index in [-0.39, 0.29) is 6.10 Å². The molecule has 0 aromatic rings. The SMILES string of the molecule is OC(C1CC=CCC1)C1CCCCC1. The van der Waals surface area contributed by atoms with Gasteiger partial charge in [0, 0.05) is 0 Å². The predicted molar refractivity (Wildman–Crippen MR) is 59.1 cm³/mol. The second-order valence-electron chi connectivity index (χ2n) is 4.93. The number of hydrogen-bond donors (Lipinski definition) is 1. The van der Waals surface area contributed by atoms with Crippen LogP contribution in [0.4, 0.5) is 0 Å². The summed E-state index contributed by atoms with van der Waals surface area (Å²) in [7, 11) is 0. The highest BCUT2D eigenvalue weighted by molar-refractivity contribution is 4.93. The average Bonchev–Trinajstić information content (AvgIpc) is 2.30. The third-order valence-corrected chi connectivity index (χ3v) is 3.93. The fourth-order valence-electron chi connectivity index (χ4n) is 2.99. The largest absolute Gasteiger partial charge is 0.393 e. The first-order valence-electron chi connectivity index (χ1n) is 6.21. The summed E-state index contributed by atoms with van der Waals surface area (Å²) in [4.78, 5) is 0. The normalized spacial score (nSPS) is 31.6. The topological polar surface area (TPSA) is 20.2 Å². The molecule has 1 fully saturated rings. The molecule has 0 heterocycles. The zero-order chi connectivity index (χ0) is 9.80. The summed E-state index contributed by atoms with van der Waals surface area (Å²) in [5, 5.41) is 10.3. The zero-order valence-electron chi connectivity index (χ0n) is 8.99. The van der Waals surface area contributed by atoms with E-state index in [4.69, 9.17) is 0 Å². The molecular formula is C13H22O. The molecule has 0 radical (unpaired) electrons. The van der Waals surface area contributed by atoms with Crippen LogP contribution in [-0.2, 0) is 0 Å². The Labute approximate surface area is 87.2 Å². The second-order valence-corrected chi connectivity index (χ2v) is 4.93. The summed E-state index contributed by atoms with van der Waals surface area (Å²) < 4.78 is 0. The molecule has 2 aliphatic carbocycles. The lowest BCUT2D eigenvalue weighted by atomic mass is 9.77. The quantitative estimate of drug-likeness (QED) is 0.669. The van der Waals surface area contributed by atoms with Gasteiger partial charge in [-0.05, 0) is 43.9 Å². The number of rotatable bonds is 2. The van der Waals surface area contributed by atoms with Crippen LogP contribution in [0.5, 0.6) is 0 Å². The van der Waals surface area contributed by atoms with E-state index in [0.717, 1.165) is 6.42 Å². The minimum absolute atomic E-state index is 0.0137. The van der Waals surface area contributed by atoms with E-state index in [1.807, 2.05) is 0 Å². The highest BCUT2D eigenvalue weighted by Gasteiger charge is 2.28. The molecule has 0 spiro atoms. The fraction of sp³-hybridized carbons (Fsp3) is 0.846. The Morgan fingerprint density at radius 1 is 0.929 bits per heavy atom. The first kappa shape index (κ1) is 10.2. The van der Waals surface area contributed by atoms with Gasteiger partial charge in [0.25, 0.3) is 0 Å². The predicted octanol–water partition coefficient (Wildman–Crippen LogP) is 3.28. The maximum absolute atomic E-state index is 10.3. The van der Waals surface area contributed by atoms with Crippen LogP contribution in [0, 0.1) is 11.8 Å². The minimum atomic E-state index is -0.0137. The summed E-state index contributed by atoms with van der Waals surface area (Å²) in [6, 6.07) is 0. The van der Waals surface area contributed by atoms with Crippen molar-refractivity contribution in [2.75, 3.05) is 0 Å². The monoisotopic (exact) mass is 194 g/mol. The molecule has 1 nitrogen and oxygen atoms in total. The van der Waals surface area contributed by atoms with E-state index >= 15 is 0 Å². The van der Waals surface area contributed by atoms with Gasteiger partial charge in [0.2, 0.25) is 0 Å². The summed E-state index contributed by atoms with van der Waals surface area (Å²) in [6.45, 7) is 0. The molecule has 1 N–H and O–H groups in total. The maximum Gasteiger partial charge on any atom is 0.0599 e. The first-order valence-corrected chi connectivity index (χ1v) is 6.21.